The van der Waals surface area contributed by atoms with Crippen molar-refractivity contribution in [2.24, 2.45) is 5.92 Å². The van der Waals surface area contributed by atoms with E-state index in [1.54, 1.807) is 37.3 Å². The van der Waals surface area contributed by atoms with Crippen molar-refractivity contribution in [1.82, 2.24) is 25.8 Å². The van der Waals surface area contributed by atoms with Crippen molar-refractivity contribution in [1.29, 1.82) is 0 Å². The maximum Gasteiger partial charge on any atom is 0.292 e. The van der Waals surface area contributed by atoms with Gasteiger partial charge in [-0.1, -0.05) is 30.3 Å². The van der Waals surface area contributed by atoms with Gasteiger partial charge in [0.2, 0.25) is 5.91 Å². The van der Waals surface area contributed by atoms with Gasteiger partial charge in [0.1, 0.15) is 17.6 Å². The smallest absolute Gasteiger partial charge is 0.292 e. The normalized spacial score (nSPS) is 21.3. The fraction of sp³-hybridized carbons (Fsp3) is 0.200. The predicted molar refractivity (Wildman–Crippen MR) is 132 cm³/mol. The van der Waals surface area contributed by atoms with Gasteiger partial charge in [-0.3, -0.25) is 24.7 Å². The number of carbonyl (C=O) groups excluding carboxylic acids is 2. The molecule has 182 valence electrons. The van der Waals surface area contributed by atoms with E-state index in [-0.39, 0.29) is 29.2 Å². The quantitative estimate of drug-likeness (QED) is 0.343. The number of anilines is 2. The topological polar surface area (TPSA) is 134 Å². The second kappa shape index (κ2) is 8.63. The molecule has 2 aromatic carbocycles. The zero-order valence-corrected chi connectivity index (χ0v) is 19.3. The minimum Gasteiger partial charge on any atom is -0.451 e. The van der Waals surface area contributed by atoms with E-state index < -0.39 is 12.2 Å². The van der Waals surface area contributed by atoms with E-state index in [9.17, 15) is 14.4 Å². The second-order valence-electron chi connectivity index (χ2n) is 8.74. The molecular weight excluding hydrogens is 462 g/mol. The van der Waals surface area contributed by atoms with Crippen LogP contribution in [0.3, 0.4) is 0 Å². The molecule has 0 bridgehead atoms. The molecule has 2 fully saturated rings. The average molecular weight is 486 g/mol. The van der Waals surface area contributed by atoms with Gasteiger partial charge in [-0.2, -0.15) is 5.10 Å². The molecule has 2 saturated heterocycles. The number of carbonyl (C=O) groups is 2. The van der Waals surface area contributed by atoms with Gasteiger partial charge in [-0.25, -0.2) is 10.1 Å². The standard InChI is InChI=1S/C25H23N7O4/c1-14-11-21(27-24(35)20-12-18(33)16-9-5-6-10-19(16)36-20)32(30-14)25-28-22-17(23(34)29-25)13-26-31(22)15-7-3-2-4-8-15/h2-12,17,22,25-26,28H,13H2,1H3,(H,27,35)(H,29,34). The summed E-state index contributed by atoms with van der Waals surface area (Å²) in [5.74, 6) is -0.849. The zero-order valence-electron chi connectivity index (χ0n) is 19.3. The summed E-state index contributed by atoms with van der Waals surface area (Å²) in [7, 11) is 0. The average Bonchev–Trinajstić information content (AvgIpc) is 3.48. The molecule has 2 aliphatic heterocycles. The van der Waals surface area contributed by atoms with Crippen molar-refractivity contribution in [3.05, 3.63) is 88.4 Å². The van der Waals surface area contributed by atoms with E-state index in [0.717, 1.165) is 5.69 Å². The molecule has 0 saturated carbocycles. The molecule has 3 atom stereocenters. The Morgan fingerprint density at radius 2 is 1.86 bits per heavy atom. The van der Waals surface area contributed by atoms with Crippen LogP contribution >= 0.6 is 0 Å². The van der Waals surface area contributed by atoms with Gasteiger partial charge in [-0.15, -0.1) is 0 Å². The lowest BCUT2D eigenvalue weighted by Gasteiger charge is -2.37. The van der Waals surface area contributed by atoms with Gasteiger partial charge in [0.25, 0.3) is 5.91 Å². The Kier molecular flexibility index (Phi) is 5.28. The minimum atomic E-state index is -0.725. The Hall–Kier alpha value is -4.48. The molecule has 0 aliphatic carbocycles. The van der Waals surface area contributed by atoms with Crippen LogP contribution < -0.4 is 31.8 Å². The van der Waals surface area contributed by atoms with E-state index in [4.69, 9.17) is 4.42 Å². The van der Waals surface area contributed by atoms with Crippen LogP contribution in [0.5, 0.6) is 0 Å². The molecule has 0 radical (unpaired) electrons. The van der Waals surface area contributed by atoms with Gasteiger partial charge in [0, 0.05) is 18.7 Å². The third-order valence-electron chi connectivity index (χ3n) is 6.32. The van der Waals surface area contributed by atoms with Crippen molar-refractivity contribution in [3.63, 3.8) is 0 Å². The Labute approximate surface area is 205 Å². The van der Waals surface area contributed by atoms with E-state index >= 15 is 0 Å². The number of nitrogens with zero attached hydrogens (tertiary/aromatic N) is 3. The number of hydrazine groups is 1. The van der Waals surface area contributed by atoms with Gasteiger partial charge in [0.15, 0.2) is 17.5 Å². The van der Waals surface area contributed by atoms with Crippen LogP contribution in [0.2, 0.25) is 0 Å². The number of para-hydroxylation sites is 2. The van der Waals surface area contributed by atoms with Crippen molar-refractivity contribution in [2.75, 3.05) is 16.9 Å². The zero-order chi connectivity index (χ0) is 24.8. The Bertz CT molecular complexity index is 1530. The number of aryl methyl sites for hydroxylation is 1. The van der Waals surface area contributed by atoms with Crippen molar-refractivity contribution < 1.29 is 14.0 Å². The molecule has 4 aromatic rings. The van der Waals surface area contributed by atoms with E-state index in [1.807, 2.05) is 35.3 Å². The van der Waals surface area contributed by atoms with Crippen LogP contribution in [0.1, 0.15) is 22.5 Å². The highest BCUT2D eigenvalue weighted by Crippen LogP contribution is 2.28. The summed E-state index contributed by atoms with van der Waals surface area (Å²) in [6, 6.07) is 19.3. The number of hydrogen-bond acceptors (Lipinski definition) is 8. The lowest BCUT2D eigenvalue weighted by molar-refractivity contribution is -0.129. The maximum atomic E-state index is 13.0. The van der Waals surface area contributed by atoms with Crippen LogP contribution in [-0.2, 0) is 4.79 Å². The fourth-order valence-electron chi connectivity index (χ4n) is 4.63. The first-order chi connectivity index (χ1) is 17.5. The third-order valence-corrected chi connectivity index (χ3v) is 6.32. The summed E-state index contributed by atoms with van der Waals surface area (Å²) in [5.41, 5.74) is 4.84. The Morgan fingerprint density at radius 1 is 1.08 bits per heavy atom. The number of benzene rings is 2. The highest BCUT2D eigenvalue weighted by molar-refractivity contribution is 6.02. The van der Waals surface area contributed by atoms with Crippen LogP contribution in [0.25, 0.3) is 11.0 Å². The van der Waals surface area contributed by atoms with Crippen LogP contribution in [0.4, 0.5) is 11.5 Å². The summed E-state index contributed by atoms with van der Waals surface area (Å²) < 4.78 is 7.17. The first kappa shape index (κ1) is 22.0. The number of nitrogens with one attached hydrogen (secondary N) is 4. The molecule has 36 heavy (non-hydrogen) atoms. The molecule has 11 nitrogen and oxygen atoms in total. The van der Waals surface area contributed by atoms with E-state index in [2.05, 4.69) is 26.5 Å². The molecular formula is C25H23N7O4. The first-order valence-electron chi connectivity index (χ1n) is 11.5. The maximum absolute atomic E-state index is 13.0. The highest BCUT2D eigenvalue weighted by atomic mass is 16.3. The number of hydrogen-bond donors (Lipinski definition) is 4. The minimum absolute atomic E-state index is 0.125. The molecule has 6 rings (SSSR count). The summed E-state index contributed by atoms with van der Waals surface area (Å²) in [5, 5.41) is 15.9. The Morgan fingerprint density at radius 3 is 2.69 bits per heavy atom. The van der Waals surface area contributed by atoms with E-state index in [0.29, 0.717) is 29.0 Å². The fourth-order valence-corrected chi connectivity index (χ4v) is 4.63. The molecule has 0 spiro atoms. The molecule has 3 unspecified atom stereocenters. The van der Waals surface area contributed by atoms with Crippen LogP contribution in [-0.4, -0.2) is 34.3 Å². The molecule has 4 heterocycles. The highest BCUT2D eigenvalue weighted by Gasteiger charge is 2.45. The molecule has 2 aliphatic rings. The lowest BCUT2D eigenvalue weighted by atomic mass is 10.0. The molecule has 4 N–H and O–H groups in total. The lowest BCUT2D eigenvalue weighted by Crippen LogP contribution is -2.61. The second-order valence-corrected chi connectivity index (χ2v) is 8.74. The summed E-state index contributed by atoms with van der Waals surface area (Å²) in [6.07, 6.45) is -1.06. The number of amides is 2. The predicted octanol–water partition coefficient (Wildman–Crippen LogP) is 1.69. The Balaban J connectivity index is 1.28. The molecule has 2 amide bonds. The van der Waals surface area contributed by atoms with Gasteiger partial charge in [0.05, 0.1) is 22.7 Å². The summed E-state index contributed by atoms with van der Waals surface area (Å²) in [4.78, 5) is 38.4. The molecule has 11 heteroatoms. The third kappa shape index (κ3) is 3.80. The molecule has 2 aromatic heterocycles. The number of rotatable bonds is 4. The largest absolute Gasteiger partial charge is 0.451 e. The monoisotopic (exact) mass is 485 g/mol. The first-order valence-corrected chi connectivity index (χ1v) is 11.5. The van der Waals surface area contributed by atoms with Gasteiger partial charge in [-0.05, 0) is 31.2 Å². The number of aromatic nitrogens is 2. The van der Waals surface area contributed by atoms with Crippen molar-refractivity contribution >= 4 is 34.3 Å². The number of fused-ring (bicyclic) bond motifs is 2. The van der Waals surface area contributed by atoms with Crippen molar-refractivity contribution in [3.8, 4) is 0 Å². The summed E-state index contributed by atoms with van der Waals surface area (Å²) >= 11 is 0. The summed E-state index contributed by atoms with van der Waals surface area (Å²) in [6.45, 7) is 2.26. The van der Waals surface area contributed by atoms with Gasteiger partial charge < -0.3 is 15.1 Å². The van der Waals surface area contributed by atoms with Crippen LogP contribution in [0.15, 0.2) is 75.9 Å². The van der Waals surface area contributed by atoms with Crippen molar-refractivity contribution in [2.45, 2.75) is 19.4 Å². The van der Waals surface area contributed by atoms with E-state index in [1.165, 1.54) is 10.7 Å². The van der Waals surface area contributed by atoms with Crippen LogP contribution in [0, 0.1) is 12.8 Å². The SMILES string of the molecule is Cc1cc(NC(=O)c2cc(=O)c3ccccc3o2)n(C2NC(=O)C3CNN(c4ccccc4)C3N2)n1. The van der Waals surface area contributed by atoms with Gasteiger partial charge >= 0.3 is 0 Å².